The number of hydrogen-bond donors (Lipinski definition) is 2. The third-order valence-electron chi connectivity index (χ3n) is 5.21. The number of aromatic nitrogens is 1. The van der Waals surface area contributed by atoms with Gasteiger partial charge < -0.3 is 5.11 Å². The number of carbonyl (C=O) groups excluding carboxylic acids is 1. The van der Waals surface area contributed by atoms with Crippen LogP contribution in [0.2, 0.25) is 0 Å². The summed E-state index contributed by atoms with van der Waals surface area (Å²) in [6, 6.07) is 11.0. The second-order valence-electron chi connectivity index (χ2n) is 7.68. The first kappa shape index (κ1) is 24.0. The fourth-order valence-electron chi connectivity index (χ4n) is 3.64. The van der Waals surface area contributed by atoms with Gasteiger partial charge in [0.2, 0.25) is 10.0 Å². The largest absolute Gasteiger partial charge is 0.504 e. The maximum Gasteiger partial charge on any atom is 0.416 e. The predicted molar refractivity (Wildman–Crippen MR) is 124 cm³/mol. The zero-order valence-corrected chi connectivity index (χ0v) is 19.9. The molecule has 7 nitrogen and oxygen atoms in total. The Balaban J connectivity index is 1.64. The maximum atomic E-state index is 13.1. The average molecular weight is 556 g/mol. The molecule has 12 heteroatoms. The third-order valence-corrected chi connectivity index (χ3v) is 6.43. The minimum Gasteiger partial charge on any atom is -0.504 e. The molecule has 3 aromatic rings. The van der Waals surface area contributed by atoms with Gasteiger partial charge in [-0.2, -0.15) is 13.2 Å². The maximum absolute atomic E-state index is 13.1. The Bertz CT molecular complexity index is 1410. The molecule has 1 aromatic heterocycles. The molecule has 2 heterocycles. The highest BCUT2D eigenvalue weighted by molar-refractivity contribution is 9.10. The topological polar surface area (TPSA) is 99.6 Å². The monoisotopic (exact) mass is 555 g/mol. The van der Waals surface area contributed by atoms with Crippen LogP contribution >= 0.6 is 15.9 Å². The summed E-state index contributed by atoms with van der Waals surface area (Å²) >= 11 is 3.21. The number of anilines is 2. The molecule has 0 radical (unpaired) electrons. The number of benzene rings is 2. The van der Waals surface area contributed by atoms with Crippen molar-refractivity contribution < 1.29 is 31.5 Å². The van der Waals surface area contributed by atoms with Crippen molar-refractivity contribution in [1.82, 2.24) is 4.98 Å². The zero-order chi connectivity index (χ0) is 24.8. The molecule has 2 aromatic carbocycles. The number of aromatic hydroxyl groups is 1. The number of alkyl halides is 3. The van der Waals surface area contributed by atoms with E-state index in [1.54, 1.807) is 18.2 Å². The Morgan fingerprint density at radius 2 is 1.79 bits per heavy atom. The van der Waals surface area contributed by atoms with E-state index in [4.69, 9.17) is 0 Å². The molecule has 0 spiro atoms. The van der Waals surface area contributed by atoms with Crippen LogP contribution in [0.15, 0.2) is 53.0 Å². The molecule has 4 rings (SSSR count). The summed E-state index contributed by atoms with van der Waals surface area (Å²) in [6.45, 7) is 0.236. The SMILES string of the molecule is CS(=O)(=O)Nc1nc(N2CCc3cc(-c4ccc(C(F)(F)F)cc4Br)ccc3C2=O)ccc1O. The van der Waals surface area contributed by atoms with Crippen LogP contribution in [-0.2, 0) is 22.6 Å². The number of sulfonamides is 1. The molecule has 0 aliphatic carbocycles. The second kappa shape index (κ2) is 8.58. The van der Waals surface area contributed by atoms with Crippen LogP contribution < -0.4 is 9.62 Å². The Hall–Kier alpha value is -3.12. The minimum atomic E-state index is -4.45. The zero-order valence-electron chi connectivity index (χ0n) is 17.5. The molecule has 1 aliphatic heterocycles. The number of hydrogen-bond acceptors (Lipinski definition) is 5. The van der Waals surface area contributed by atoms with E-state index in [2.05, 4.69) is 25.6 Å². The van der Waals surface area contributed by atoms with Crippen molar-refractivity contribution in [3.8, 4) is 16.9 Å². The Kier molecular flexibility index (Phi) is 6.06. The van der Waals surface area contributed by atoms with E-state index in [1.807, 2.05) is 0 Å². The second-order valence-corrected chi connectivity index (χ2v) is 10.3. The number of carbonyl (C=O) groups is 1. The molecule has 178 valence electrons. The van der Waals surface area contributed by atoms with Crippen LogP contribution in [0.4, 0.5) is 24.8 Å². The van der Waals surface area contributed by atoms with Gasteiger partial charge in [0.1, 0.15) is 5.82 Å². The van der Waals surface area contributed by atoms with E-state index in [0.29, 0.717) is 23.1 Å². The molecule has 0 saturated carbocycles. The Morgan fingerprint density at radius 3 is 2.44 bits per heavy atom. The van der Waals surface area contributed by atoms with Crippen LogP contribution in [0.5, 0.6) is 5.75 Å². The van der Waals surface area contributed by atoms with Gasteiger partial charge in [-0.1, -0.05) is 34.1 Å². The number of rotatable bonds is 4. The number of nitrogens with one attached hydrogen (secondary N) is 1. The van der Waals surface area contributed by atoms with Gasteiger partial charge >= 0.3 is 6.18 Å². The average Bonchev–Trinajstić information content (AvgIpc) is 2.74. The van der Waals surface area contributed by atoms with Crippen molar-refractivity contribution in [2.45, 2.75) is 12.6 Å². The van der Waals surface area contributed by atoms with Gasteiger partial charge in [0.15, 0.2) is 11.6 Å². The van der Waals surface area contributed by atoms with Crippen molar-refractivity contribution in [3.05, 3.63) is 69.7 Å². The quantitative estimate of drug-likeness (QED) is 0.481. The molecule has 0 bridgehead atoms. The van der Waals surface area contributed by atoms with Crippen molar-refractivity contribution in [2.24, 2.45) is 0 Å². The summed E-state index contributed by atoms with van der Waals surface area (Å²) in [6.07, 6.45) is -3.11. The Morgan fingerprint density at radius 1 is 1.09 bits per heavy atom. The first-order valence-electron chi connectivity index (χ1n) is 9.83. The molecule has 1 aliphatic rings. The molecular weight excluding hydrogens is 539 g/mol. The molecular formula is C22H17BrF3N3O4S. The van der Waals surface area contributed by atoms with Crippen molar-refractivity contribution in [2.75, 3.05) is 22.4 Å². The van der Waals surface area contributed by atoms with E-state index >= 15 is 0 Å². The van der Waals surface area contributed by atoms with Crippen LogP contribution in [0, 0.1) is 0 Å². The lowest BCUT2D eigenvalue weighted by Crippen LogP contribution is -2.38. The van der Waals surface area contributed by atoms with Gasteiger partial charge in [-0.05, 0) is 53.4 Å². The number of halogens is 4. The van der Waals surface area contributed by atoms with Gasteiger partial charge in [0.25, 0.3) is 5.91 Å². The Labute approximate surface area is 201 Å². The molecule has 2 N–H and O–H groups in total. The lowest BCUT2D eigenvalue weighted by atomic mass is 9.93. The molecule has 34 heavy (non-hydrogen) atoms. The fourth-order valence-corrected chi connectivity index (χ4v) is 4.75. The fraction of sp³-hybridized carbons (Fsp3) is 0.182. The minimum absolute atomic E-state index is 0.161. The van der Waals surface area contributed by atoms with Gasteiger partial charge in [-0.15, -0.1) is 0 Å². The summed E-state index contributed by atoms with van der Waals surface area (Å²) in [4.78, 5) is 18.6. The van der Waals surface area contributed by atoms with Crippen molar-refractivity contribution in [3.63, 3.8) is 0 Å². The highest BCUT2D eigenvalue weighted by Crippen LogP contribution is 2.37. The van der Waals surface area contributed by atoms with Gasteiger partial charge in [0, 0.05) is 16.6 Å². The number of pyridine rings is 1. The molecule has 1 amide bonds. The molecule has 0 saturated heterocycles. The van der Waals surface area contributed by atoms with Crippen LogP contribution in [-0.4, -0.2) is 37.2 Å². The number of amides is 1. The van der Waals surface area contributed by atoms with Gasteiger partial charge in [-0.25, -0.2) is 13.4 Å². The molecule has 0 unspecified atom stereocenters. The summed E-state index contributed by atoms with van der Waals surface area (Å²) in [5.41, 5.74) is 1.56. The number of nitrogens with zero attached hydrogens (tertiary/aromatic N) is 2. The van der Waals surface area contributed by atoms with Crippen LogP contribution in [0.25, 0.3) is 11.1 Å². The van der Waals surface area contributed by atoms with E-state index in [1.165, 1.54) is 23.1 Å². The van der Waals surface area contributed by atoms with Crippen LogP contribution in [0.3, 0.4) is 0 Å². The molecule has 0 atom stereocenters. The van der Waals surface area contributed by atoms with E-state index in [-0.39, 0.29) is 34.3 Å². The lowest BCUT2D eigenvalue weighted by molar-refractivity contribution is -0.137. The summed E-state index contributed by atoms with van der Waals surface area (Å²) in [5.74, 6) is -0.885. The highest BCUT2D eigenvalue weighted by Gasteiger charge is 2.31. The van der Waals surface area contributed by atoms with Gasteiger partial charge in [-0.3, -0.25) is 14.4 Å². The van der Waals surface area contributed by atoms with Crippen LogP contribution in [0.1, 0.15) is 21.5 Å². The van der Waals surface area contributed by atoms with Gasteiger partial charge in [0.05, 0.1) is 11.8 Å². The summed E-state index contributed by atoms with van der Waals surface area (Å²) in [7, 11) is -3.70. The summed E-state index contributed by atoms with van der Waals surface area (Å²) in [5, 5.41) is 9.88. The first-order valence-corrected chi connectivity index (χ1v) is 12.5. The lowest BCUT2D eigenvalue weighted by Gasteiger charge is -2.28. The highest BCUT2D eigenvalue weighted by atomic mass is 79.9. The van der Waals surface area contributed by atoms with E-state index in [9.17, 15) is 31.5 Å². The van der Waals surface area contributed by atoms with Crippen molar-refractivity contribution in [1.29, 1.82) is 0 Å². The normalized spacial score (nSPS) is 14.1. The predicted octanol–water partition coefficient (Wildman–Crippen LogP) is 4.81. The van der Waals surface area contributed by atoms with E-state index < -0.39 is 21.8 Å². The third kappa shape index (κ3) is 4.87. The van der Waals surface area contributed by atoms with Crippen molar-refractivity contribution >= 4 is 43.5 Å². The van der Waals surface area contributed by atoms with E-state index in [0.717, 1.165) is 24.0 Å². The standard InChI is InChI=1S/C22H17BrF3N3O4S/c1-34(32,33)28-20-18(30)6-7-19(27-20)29-9-8-13-10-12(2-4-16(13)21(29)31)15-5-3-14(11-17(15)23)22(24,25)26/h2-7,10-11,30H,8-9H2,1H3,(H,27,28). The smallest absolute Gasteiger partial charge is 0.416 e. The summed E-state index contributed by atoms with van der Waals surface area (Å²) < 4.78 is 64.3. The first-order chi connectivity index (χ1) is 15.8. The number of fused-ring (bicyclic) bond motifs is 1. The molecule has 0 fully saturated rings.